The average Bonchev–Trinajstić information content (AvgIpc) is 2.78. The normalized spacial score (nSPS) is 28.8. The molecule has 14 heteroatoms. The molecule has 0 aromatic heterocycles. The van der Waals surface area contributed by atoms with Gasteiger partial charge in [0.15, 0.2) is 0 Å². The summed E-state index contributed by atoms with van der Waals surface area (Å²) >= 11 is 0. The lowest BCUT2D eigenvalue weighted by molar-refractivity contribution is -0.0316. The molecule has 0 radical (unpaired) electrons. The number of hydroxylamine groups is 2. The van der Waals surface area contributed by atoms with E-state index >= 15 is 0 Å². The molecule has 2 amide bonds. The summed E-state index contributed by atoms with van der Waals surface area (Å²) in [5.41, 5.74) is 5.93. The quantitative estimate of drug-likeness (QED) is 0.312. The maximum absolute atomic E-state index is 12.5. The van der Waals surface area contributed by atoms with E-state index in [1.54, 1.807) is 0 Å². The highest BCUT2D eigenvalue weighted by molar-refractivity contribution is 7.90. The van der Waals surface area contributed by atoms with Crippen LogP contribution < -0.4 is 5.73 Å². The Morgan fingerprint density at radius 2 is 1.81 bits per heavy atom. The van der Waals surface area contributed by atoms with Gasteiger partial charge in [0.2, 0.25) is 0 Å². The summed E-state index contributed by atoms with van der Waals surface area (Å²) < 4.78 is 63.8. The van der Waals surface area contributed by atoms with E-state index in [9.17, 15) is 21.6 Å². The first kappa shape index (κ1) is 20.3. The number of likely N-dealkylation sites (tertiary alicyclic amines) is 1. The Kier molecular flexibility index (Phi) is 5.37. The lowest BCUT2D eigenvalue weighted by atomic mass is 10.0. The van der Waals surface area contributed by atoms with Crippen molar-refractivity contribution in [3.8, 4) is 0 Å². The van der Waals surface area contributed by atoms with Crippen molar-refractivity contribution >= 4 is 32.3 Å². The van der Waals surface area contributed by atoms with Crippen LogP contribution in [0.3, 0.4) is 0 Å². The van der Waals surface area contributed by atoms with E-state index in [1.165, 1.54) is 4.90 Å². The van der Waals surface area contributed by atoms with Gasteiger partial charge in [-0.2, -0.15) is 13.5 Å². The minimum absolute atomic E-state index is 0.101. The van der Waals surface area contributed by atoms with E-state index in [1.807, 2.05) is 11.9 Å². The van der Waals surface area contributed by atoms with Crippen LogP contribution in [-0.4, -0.2) is 92.1 Å². The Bertz CT molecular complexity index is 835. The van der Waals surface area contributed by atoms with Gasteiger partial charge in [-0.15, -0.1) is 8.68 Å². The van der Waals surface area contributed by atoms with Gasteiger partial charge in [-0.3, -0.25) is 4.55 Å². The molecule has 3 aliphatic rings. The Morgan fingerprint density at radius 1 is 1.19 bits per heavy atom. The van der Waals surface area contributed by atoms with Crippen LogP contribution in [0.2, 0.25) is 0 Å². The van der Waals surface area contributed by atoms with Gasteiger partial charge >= 0.3 is 16.4 Å². The fourth-order valence-electron chi connectivity index (χ4n) is 3.70. The first-order valence-electron chi connectivity index (χ1n) is 8.52. The van der Waals surface area contributed by atoms with Gasteiger partial charge < -0.3 is 15.5 Å². The van der Waals surface area contributed by atoms with Gasteiger partial charge in [0, 0.05) is 6.54 Å². The third-order valence-corrected chi connectivity index (χ3v) is 7.29. The number of hydrogen-bond acceptors (Lipinski definition) is 7. The van der Waals surface area contributed by atoms with E-state index in [0.29, 0.717) is 43.8 Å². The fraction of sp³-hybridized carbons (Fsp3) is 0.846. The Balaban J connectivity index is 1.75. The number of amides is 2. The van der Waals surface area contributed by atoms with Gasteiger partial charge in [-0.05, 0) is 45.8 Å². The van der Waals surface area contributed by atoms with Crippen molar-refractivity contribution in [1.82, 2.24) is 14.9 Å². The molecule has 0 saturated carbocycles. The predicted octanol–water partition coefficient (Wildman–Crippen LogP) is -1.23. The number of nitrogens with zero attached hydrogens (tertiary/aromatic N) is 4. The van der Waals surface area contributed by atoms with E-state index < -0.39 is 43.8 Å². The van der Waals surface area contributed by atoms with E-state index in [2.05, 4.69) is 8.68 Å². The van der Waals surface area contributed by atoms with Crippen molar-refractivity contribution in [2.45, 2.75) is 43.0 Å². The lowest BCUT2D eigenvalue weighted by Gasteiger charge is -2.30. The smallest absolute Gasteiger partial charge is 0.385 e. The molecule has 0 aliphatic carbocycles. The van der Waals surface area contributed by atoms with Gasteiger partial charge in [-0.25, -0.2) is 13.2 Å². The first-order valence-corrected chi connectivity index (χ1v) is 11.4. The third-order valence-electron chi connectivity index (χ3n) is 5.16. The molecule has 3 fully saturated rings. The molecule has 3 rings (SSSR count). The lowest BCUT2D eigenvalue weighted by Crippen LogP contribution is -2.48. The van der Waals surface area contributed by atoms with Crippen LogP contribution in [0.25, 0.3) is 0 Å². The number of rotatable bonds is 5. The number of carbonyl (C=O) groups excluding carboxylic acids is 1. The number of fused-ring (bicyclic) bond motifs is 2. The topological polar surface area (TPSA) is 163 Å². The van der Waals surface area contributed by atoms with Gasteiger partial charge in [0.05, 0.1) is 17.3 Å². The molecule has 0 unspecified atom stereocenters. The fourth-order valence-corrected chi connectivity index (χ4v) is 5.46. The highest BCUT2D eigenvalue weighted by atomic mass is 32.3. The second-order valence-corrected chi connectivity index (χ2v) is 9.93. The molecule has 0 spiro atoms. The Hall–Kier alpha value is -1.48. The summed E-state index contributed by atoms with van der Waals surface area (Å²) in [5, 5.41) is -0.0362. The van der Waals surface area contributed by atoms with Crippen LogP contribution >= 0.6 is 0 Å². The molecule has 3 heterocycles. The van der Waals surface area contributed by atoms with Crippen LogP contribution in [0.5, 0.6) is 0 Å². The summed E-state index contributed by atoms with van der Waals surface area (Å²) in [6, 6.07) is -2.16. The second-order valence-electron chi connectivity index (χ2n) is 7.04. The SMILES string of the molecule is CN1CCC(S(=O)(=O)N=C(N)[C@@H]2CC[C@@H]3CN2C(=O)N3OS(=O)(=O)O)CC1. The van der Waals surface area contributed by atoms with Crippen molar-refractivity contribution in [2.24, 2.45) is 10.1 Å². The monoisotopic (exact) mass is 425 g/mol. The number of carbonyl (C=O) groups is 1. The maximum Gasteiger partial charge on any atom is 0.418 e. The van der Waals surface area contributed by atoms with Gasteiger partial charge in [0.1, 0.15) is 5.84 Å². The molecule has 3 saturated heterocycles. The summed E-state index contributed by atoms with van der Waals surface area (Å²) in [5.74, 6) is -0.200. The number of hydrogen-bond donors (Lipinski definition) is 2. The molecule has 3 N–H and O–H groups in total. The van der Waals surface area contributed by atoms with Gasteiger partial charge in [0.25, 0.3) is 10.0 Å². The number of urea groups is 1. The van der Waals surface area contributed by atoms with Crippen LogP contribution in [0.4, 0.5) is 4.79 Å². The Labute approximate surface area is 157 Å². The van der Waals surface area contributed by atoms with Crippen molar-refractivity contribution in [2.75, 3.05) is 26.7 Å². The van der Waals surface area contributed by atoms with Crippen LogP contribution in [0.1, 0.15) is 25.7 Å². The largest absolute Gasteiger partial charge is 0.418 e. The second kappa shape index (κ2) is 7.16. The number of nitrogens with two attached hydrogens (primary N) is 1. The molecule has 0 aromatic rings. The summed E-state index contributed by atoms with van der Waals surface area (Å²) in [4.78, 5) is 15.6. The van der Waals surface area contributed by atoms with Crippen molar-refractivity contribution in [1.29, 1.82) is 0 Å². The standard InChI is InChI=1S/C13H23N5O7S2/c1-16-6-4-10(5-7-16)26(20,21)15-12(14)11-3-2-9-8-17(11)13(19)18(9)25-27(22,23)24/h9-11H,2-8H2,1H3,(H2,14,15)(H,22,23,24)/t9-,11+/m1/s1. The minimum Gasteiger partial charge on any atom is -0.385 e. The van der Waals surface area contributed by atoms with Gasteiger partial charge in [-0.1, -0.05) is 0 Å². The maximum atomic E-state index is 12.5. The van der Waals surface area contributed by atoms with E-state index in [-0.39, 0.29) is 12.4 Å². The van der Waals surface area contributed by atoms with Crippen molar-refractivity contribution < 1.29 is 30.5 Å². The first-order chi connectivity index (χ1) is 12.5. The van der Waals surface area contributed by atoms with Crippen molar-refractivity contribution in [3.63, 3.8) is 0 Å². The zero-order chi connectivity index (χ0) is 20.0. The van der Waals surface area contributed by atoms with E-state index in [4.69, 9.17) is 10.3 Å². The van der Waals surface area contributed by atoms with Crippen LogP contribution in [0.15, 0.2) is 4.40 Å². The highest BCUT2D eigenvalue weighted by Crippen LogP contribution is 2.31. The molecule has 27 heavy (non-hydrogen) atoms. The molecule has 0 aromatic carbocycles. The number of piperidine rings is 2. The summed E-state index contributed by atoms with van der Waals surface area (Å²) in [6.07, 6.45) is 1.55. The molecule has 154 valence electrons. The Morgan fingerprint density at radius 3 is 2.41 bits per heavy atom. The average molecular weight is 425 g/mol. The molecular formula is C13H23N5O7S2. The van der Waals surface area contributed by atoms with Crippen molar-refractivity contribution in [3.05, 3.63) is 0 Å². The number of sulfonamides is 1. The molecular weight excluding hydrogens is 402 g/mol. The summed E-state index contributed by atoms with van der Waals surface area (Å²) in [6.45, 7) is 1.40. The number of amidine groups is 1. The van der Waals surface area contributed by atoms with Crippen LogP contribution in [0, 0.1) is 0 Å². The molecule has 12 nitrogen and oxygen atoms in total. The van der Waals surface area contributed by atoms with Crippen LogP contribution in [-0.2, 0) is 24.7 Å². The third kappa shape index (κ3) is 4.34. The highest BCUT2D eigenvalue weighted by Gasteiger charge is 2.48. The molecule has 2 atom stereocenters. The molecule has 3 aliphatic heterocycles. The predicted molar refractivity (Wildman–Crippen MR) is 94.4 cm³/mol. The zero-order valence-electron chi connectivity index (χ0n) is 14.8. The zero-order valence-corrected chi connectivity index (χ0v) is 16.4. The molecule has 2 bridgehead atoms. The van der Waals surface area contributed by atoms with E-state index in [0.717, 1.165) is 0 Å². The summed E-state index contributed by atoms with van der Waals surface area (Å²) in [7, 11) is -6.75. The minimum atomic E-state index is -4.85.